The van der Waals surface area contributed by atoms with Gasteiger partial charge in [-0.2, -0.15) is 0 Å². The van der Waals surface area contributed by atoms with Crippen LogP contribution in [0, 0.1) is 23.7 Å². The van der Waals surface area contributed by atoms with Crippen LogP contribution in [0.3, 0.4) is 0 Å². The Morgan fingerprint density at radius 1 is 0.467 bits per heavy atom. The molecule has 2 aromatic heterocycles. The van der Waals surface area contributed by atoms with Gasteiger partial charge in [0.05, 0.1) is 32.3 Å². The molecule has 60 heavy (non-hydrogen) atoms. The molecule has 4 aromatic rings. The summed E-state index contributed by atoms with van der Waals surface area (Å²) >= 11 is 3.40. The van der Waals surface area contributed by atoms with Crippen LogP contribution in [0.25, 0.3) is 32.3 Å². The molecule has 2 amide bonds. The van der Waals surface area contributed by atoms with Crippen molar-refractivity contribution in [1.82, 2.24) is 9.80 Å². The summed E-state index contributed by atoms with van der Waals surface area (Å²) in [5.41, 5.74) is 7.91. The third-order valence-corrected chi connectivity index (χ3v) is 15.8. The van der Waals surface area contributed by atoms with Gasteiger partial charge in [-0.05, 0) is 95.9 Å². The quantitative estimate of drug-likeness (QED) is 0.0705. The van der Waals surface area contributed by atoms with Crippen LogP contribution in [0.1, 0.15) is 153 Å². The molecule has 0 saturated heterocycles. The Hall–Kier alpha value is -3.74. The van der Waals surface area contributed by atoms with E-state index in [0.29, 0.717) is 36.1 Å². The molecule has 0 aliphatic carbocycles. The number of thiophene rings is 2. The maximum absolute atomic E-state index is 14.9. The summed E-state index contributed by atoms with van der Waals surface area (Å²) in [6.45, 7) is 19.2. The number of amides is 2. The lowest BCUT2D eigenvalue weighted by Gasteiger charge is -2.27. The van der Waals surface area contributed by atoms with Crippen molar-refractivity contribution in [1.29, 1.82) is 0 Å². The molecule has 0 fully saturated rings. The van der Waals surface area contributed by atoms with Crippen LogP contribution < -0.4 is 0 Å². The second-order valence-corrected chi connectivity index (χ2v) is 20.1. The zero-order valence-electron chi connectivity index (χ0n) is 38.1. The Bertz CT molecular complexity index is 1930. The minimum Gasteiger partial charge on any atom is -0.306 e. The molecule has 2 aliphatic rings. The van der Waals surface area contributed by atoms with Crippen molar-refractivity contribution in [2.75, 3.05) is 13.1 Å². The predicted molar refractivity (Wildman–Crippen MR) is 259 cm³/mol. The molecule has 0 saturated carbocycles. The number of fused-ring (bicyclic) bond motifs is 1. The number of carbonyl (C=O) groups is 2. The lowest BCUT2D eigenvalue weighted by molar-refractivity contribution is -0.124. The van der Waals surface area contributed by atoms with Crippen molar-refractivity contribution >= 4 is 45.9 Å². The van der Waals surface area contributed by atoms with E-state index in [0.717, 1.165) is 68.4 Å². The molecule has 0 N–H and O–H groups in total. The van der Waals surface area contributed by atoms with Gasteiger partial charge in [0.25, 0.3) is 11.8 Å². The number of benzene rings is 2. The van der Waals surface area contributed by atoms with Gasteiger partial charge in [0.2, 0.25) is 0 Å². The number of hydrogen-bond acceptors (Lipinski definition) is 4. The van der Waals surface area contributed by atoms with Crippen molar-refractivity contribution in [2.24, 2.45) is 23.7 Å². The van der Waals surface area contributed by atoms with Crippen molar-refractivity contribution in [2.45, 2.75) is 145 Å². The molecule has 0 spiro atoms. The summed E-state index contributed by atoms with van der Waals surface area (Å²) in [6.07, 6.45) is 17.0. The number of hydrogen-bond donors (Lipinski definition) is 0. The van der Waals surface area contributed by atoms with Gasteiger partial charge in [0.1, 0.15) is 0 Å². The van der Waals surface area contributed by atoms with Crippen molar-refractivity contribution in [3.8, 4) is 20.9 Å². The van der Waals surface area contributed by atoms with Crippen molar-refractivity contribution in [3.05, 3.63) is 105 Å². The van der Waals surface area contributed by atoms with Gasteiger partial charge in [-0.25, -0.2) is 0 Å². The van der Waals surface area contributed by atoms with Gasteiger partial charge >= 0.3 is 0 Å². The number of rotatable bonds is 24. The van der Waals surface area contributed by atoms with Gasteiger partial charge in [0.15, 0.2) is 0 Å². The van der Waals surface area contributed by atoms with E-state index in [1.165, 1.54) is 86.5 Å². The first-order valence-electron chi connectivity index (χ1n) is 23.7. The zero-order valence-corrected chi connectivity index (χ0v) is 39.7. The van der Waals surface area contributed by atoms with Gasteiger partial charge in [0, 0.05) is 22.8 Å². The number of aryl methyl sites for hydroxylation is 2. The molecule has 6 heteroatoms. The summed E-state index contributed by atoms with van der Waals surface area (Å²) in [7, 11) is 0. The average Bonchev–Trinajstić information content (AvgIpc) is 4.07. The number of carbonyl (C=O) groups excluding carboxylic acids is 2. The number of unbranched alkanes of at least 4 members (excludes halogenated alkanes) is 2. The van der Waals surface area contributed by atoms with Crippen LogP contribution in [0.15, 0.2) is 83.9 Å². The van der Waals surface area contributed by atoms with Gasteiger partial charge in [-0.15, -0.1) is 22.7 Å². The summed E-state index contributed by atoms with van der Waals surface area (Å²) < 4.78 is 0. The zero-order chi connectivity index (χ0) is 42.8. The van der Waals surface area contributed by atoms with Crippen LogP contribution in [-0.4, -0.2) is 34.7 Å². The van der Waals surface area contributed by atoms with E-state index in [4.69, 9.17) is 0 Å². The van der Waals surface area contributed by atoms with E-state index >= 15 is 0 Å². The fraction of sp³-hybridized carbons (Fsp3) is 0.519. The molecule has 4 nitrogen and oxygen atoms in total. The van der Waals surface area contributed by atoms with Crippen LogP contribution in [0.5, 0.6) is 0 Å². The fourth-order valence-corrected chi connectivity index (χ4v) is 11.0. The molecule has 4 atom stereocenters. The van der Waals surface area contributed by atoms with Crippen LogP contribution in [-0.2, 0) is 22.4 Å². The summed E-state index contributed by atoms with van der Waals surface area (Å²) in [4.78, 5) is 38.0. The Balaban J connectivity index is 1.32. The van der Waals surface area contributed by atoms with E-state index in [9.17, 15) is 9.59 Å². The van der Waals surface area contributed by atoms with E-state index in [1.54, 1.807) is 22.7 Å². The van der Waals surface area contributed by atoms with Gasteiger partial charge in [-0.1, -0.05) is 168 Å². The van der Waals surface area contributed by atoms with Crippen LogP contribution >= 0.6 is 22.7 Å². The first kappa shape index (κ1) is 45.8. The SMILES string of the molecule is CCCCC(CC)CCc1ccc(-c2ccc(C3=C4C(=O)N(CC(C)CC)C(c5ccc(-c6ccc(CCC(CC)CCCC)cc6)s5)=C4C(=O)N3CC(C)CC)s2)cc1. The molecule has 4 heterocycles. The molecule has 0 radical (unpaired) electrons. The Kier molecular flexibility index (Phi) is 16.7. The first-order valence-corrected chi connectivity index (χ1v) is 25.3. The van der Waals surface area contributed by atoms with Crippen molar-refractivity contribution in [3.63, 3.8) is 0 Å². The monoisotopic (exact) mass is 845 g/mol. The predicted octanol–water partition coefficient (Wildman–Crippen LogP) is 15.3. The Morgan fingerprint density at radius 3 is 1.17 bits per heavy atom. The smallest absolute Gasteiger partial charge is 0.261 e. The molecule has 6 rings (SSSR count). The molecule has 2 aliphatic heterocycles. The van der Waals surface area contributed by atoms with E-state index in [-0.39, 0.29) is 11.8 Å². The fourth-order valence-electron chi connectivity index (χ4n) is 8.88. The Labute approximate surface area is 371 Å². The number of nitrogens with zero attached hydrogens (tertiary/aromatic N) is 2. The van der Waals surface area contributed by atoms with Crippen LogP contribution in [0.2, 0.25) is 0 Å². The third-order valence-electron chi connectivity index (χ3n) is 13.5. The van der Waals surface area contributed by atoms with E-state index in [2.05, 4.69) is 128 Å². The minimum atomic E-state index is -0.0393. The van der Waals surface area contributed by atoms with E-state index < -0.39 is 0 Å². The lowest BCUT2D eigenvalue weighted by atomic mass is 9.92. The maximum atomic E-state index is 14.9. The third kappa shape index (κ3) is 10.6. The van der Waals surface area contributed by atoms with Crippen LogP contribution in [0.4, 0.5) is 0 Å². The molecular weight excluding hydrogens is 773 g/mol. The molecule has 2 aromatic carbocycles. The topological polar surface area (TPSA) is 40.6 Å². The second-order valence-electron chi connectivity index (χ2n) is 17.9. The normalized spacial score (nSPS) is 16.3. The average molecular weight is 845 g/mol. The standard InChI is InChI=1S/C54H72N2O2S2/c1-9-15-17-39(13-5)19-21-41-23-27-43(28-24-41)45-31-33-47(59-45)51-49-50(54(58)55(51)35-37(7)11-3)52(56(53(49)57)36-38(8)12-4)48-34-32-46(60-48)44-29-25-42(26-30-44)22-20-40(14-6)18-16-10-2/h23-34,37-40H,9-22,35-36H2,1-8H3. The molecule has 0 bridgehead atoms. The van der Waals surface area contributed by atoms with E-state index in [1.807, 2.05) is 9.80 Å². The molecular formula is C54H72N2O2S2. The maximum Gasteiger partial charge on any atom is 0.261 e. The highest BCUT2D eigenvalue weighted by Gasteiger charge is 2.49. The highest BCUT2D eigenvalue weighted by atomic mass is 32.1. The van der Waals surface area contributed by atoms with Crippen molar-refractivity contribution < 1.29 is 9.59 Å². The molecule has 322 valence electrons. The Morgan fingerprint density at radius 2 is 0.833 bits per heavy atom. The molecule has 4 unspecified atom stereocenters. The second kappa shape index (κ2) is 21.9. The van der Waals surface area contributed by atoms with Gasteiger partial charge < -0.3 is 9.80 Å². The largest absolute Gasteiger partial charge is 0.306 e. The lowest BCUT2D eigenvalue weighted by Crippen LogP contribution is -2.33. The summed E-state index contributed by atoms with van der Waals surface area (Å²) in [5.74, 6) is 2.10. The summed E-state index contributed by atoms with van der Waals surface area (Å²) in [5, 5.41) is 0. The highest BCUT2D eigenvalue weighted by Crippen LogP contribution is 2.50. The highest BCUT2D eigenvalue weighted by molar-refractivity contribution is 7.17. The summed E-state index contributed by atoms with van der Waals surface area (Å²) in [6, 6.07) is 26.8. The first-order chi connectivity index (χ1) is 29.1. The van der Waals surface area contributed by atoms with Gasteiger partial charge in [-0.3, -0.25) is 9.59 Å². The minimum absolute atomic E-state index is 0.0393.